The Morgan fingerprint density at radius 3 is 2.42 bits per heavy atom. The Morgan fingerprint density at radius 1 is 0.895 bits per heavy atom. The average molecular weight is 256 g/mol. The Bertz CT molecular complexity index is 716. The number of halogens is 2. The van der Waals surface area contributed by atoms with Gasteiger partial charge in [-0.05, 0) is 24.3 Å². The molecule has 0 atom stereocenters. The van der Waals surface area contributed by atoms with Crippen molar-refractivity contribution < 1.29 is 8.78 Å². The van der Waals surface area contributed by atoms with Crippen LogP contribution in [0.4, 0.5) is 20.2 Å². The van der Waals surface area contributed by atoms with Gasteiger partial charge in [0.1, 0.15) is 11.6 Å². The van der Waals surface area contributed by atoms with Gasteiger partial charge in [0.05, 0.1) is 11.2 Å². The molecule has 1 N–H and O–H groups in total. The number of nitrogens with zero attached hydrogens (tertiary/aromatic N) is 1. The van der Waals surface area contributed by atoms with Gasteiger partial charge in [0.2, 0.25) is 0 Å². The number of para-hydroxylation sites is 1. The van der Waals surface area contributed by atoms with Gasteiger partial charge < -0.3 is 5.32 Å². The third kappa shape index (κ3) is 2.38. The van der Waals surface area contributed by atoms with E-state index in [0.29, 0.717) is 11.4 Å². The van der Waals surface area contributed by atoms with Crippen molar-refractivity contribution in [2.24, 2.45) is 0 Å². The molecule has 0 spiro atoms. The van der Waals surface area contributed by atoms with Crippen LogP contribution in [0.25, 0.3) is 10.9 Å². The highest BCUT2D eigenvalue weighted by molar-refractivity contribution is 5.91. The summed E-state index contributed by atoms with van der Waals surface area (Å²) in [7, 11) is 0. The number of anilines is 2. The lowest BCUT2D eigenvalue weighted by atomic mass is 10.2. The molecule has 94 valence electrons. The van der Waals surface area contributed by atoms with Gasteiger partial charge in [-0.3, -0.25) is 4.98 Å². The van der Waals surface area contributed by atoms with Crippen molar-refractivity contribution in [3.63, 3.8) is 0 Å². The second-order valence-corrected chi connectivity index (χ2v) is 4.16. The van der Waals surface area contributed by atoms with E-state index < -0.39 is 11.6 Å². The van der Waals surface area contributed by atoms with Crippen molar-refractivity contribution in [3.05, 3.63) is 66.4 Å². The second kappa shape index (κ2) is 4.65. The zero-order valence-electron chi connectivity index (χ0n) is 9.90. The monoisotopic (exact) mass is 256 g/mol. The smallest absolute Gasteiger partial charge is 0.128 e. The molecule has 0 saturated heterocycles. The molecule has 19 heavy (non-hydrogen) atoms. The zero-order chi connectivity index (χ0) is 13.2. The lowest BCUT2D eigenvalue weighted by molar-refractivity contribution is 0.584. The van der Waals surface area contributed by atoms with E-state index in [2.05, 4.69) is 10.3 Å². The van der Waals surface area contributed by atoms with E-state index in [-0.39, 0.29) is 0 Å². The molecular weight excluding hydrogens is 246 g/mol. The first-order valence-corrected chi connectivity index (χ1v) is 5.79. The highest BCUT2D eigenvalue weighted by Gasteiger charge is 2.04. The van der Waals surface area contributed by atoms with Gasteiger partial charge in [-0.25, -0.2) is 8.78 Å². The Kier molecular flexibility index (Phi) is 2.83. The Labute approximate surface area is 108 Å². The second-order valence-electron chi connectivity index (χ2n) is 4.16. The number of aromatic nitrogens is 1. The zero-order valence-corrected chi connectivity index (χ0v) is 9.90. The van der Waals surface area contributed by atoms with Crippen molar-refractivity contribution in [1.29, 1.82) is 0 Å². The molecule has 0 unspecified atom stereocenters. The number of fused-ring (bicyclic) bond motifs is 1. The summed E-state index contributed by atoms with van der Waals surface area (Å²) >= 11 is 0. The van der Waals surface area contributed by atoms with E-state index >= 15 is 0 Å². The van der Waals surface area contributed by atoms with Gasteiger partial charge >= 0.3 is 0 Å². The lowest BCUT2D eigenvalue weighted by Gasteiger charge is -2.09. The van der Waals surface area contributed by atoms with Crippen LogP contribution in [0, 0.1) is 11.6 Å². The third-order valence-electron chi connectivity index (χ3n) is 2.77. The topological polar surface area (TPSA) is 24.9 Å². The summed E-state index contributed by atoms with van der Waals surface area (Å²) in [5.74, 6) is -1.23. The van der Waals surface area contributed by atoms with Gasteiger partial charge in [-0.2, -0.15) is 0 Å². The van der Waals surface area contributed by atoms with Crippen molar-refractivity contribution >= 4 is 22.3 Å². The number of benzene rings is 2. The highest BCUT2D eigenvalue weighted by atomic mass is 19.1. The van der Waals surface area contributed by atoms with Gasteiger partial charge in [0.25, 0.3) is 0 Å². The van der Waals surface area contributed by atoms with Crippen molar-refractivity contribution in [1.82, 2.24) is 4.98 Å². The quantitative estimate of drug-likeness (QED) is 0.741. The minimum absolute atomic E-state index is 0.357. The van der Waals surface area contributed by atoms with Gasteiger partial charge in [0.15, 0.2) is 0 Å². The molecule has 0 saturated carbocycles. The summed E-state index contributed by atoms with van der Waals surface area (Å²) < 4.78 is 26.3. The van der Waals surface area contributed by atoms with E-state index in [4.69, 9.17) is 0 Å². The SMILES string of the molecule is Fc1cc(F)cc(Nc2cccc3cccnc23)c1. The van der Waals surface area contributed by atoms with E-state index in [1.165, 1.54) is 12.1 Å². The molecule has 4 heteroatoms. The number of hydrogen-bond donors (Lipinski definition) is 1. The minimum atomic E-state index is -0.615. The fourth-order valence-electron chi connectivity index (χ4n) is 1.99. The number of pyridine rings is 1. The molecule has 1 aromatic heterocycles. The maximum atomic E-state index is 13.1. The van der Waals surface area contributed by atoms with E-state index in [0.717, 1.165) is 17.0 Å². The maximum absolute atomic E-state index is 13.1. The molecule has 1 heterocycles. The molecule has 0 amide bonds. The third-order valence-corrected chi connectivity index (χ3v) is 2.77. The van der Waals surface area contributed by atoms with E-state index in [1.807, 2.05) is 30.3 Å². The first-order valence-electron chi connectivity index (χ1n) is 5.79. The number of rotatable bonds is 2. The normalized spacial score (nSPS) is 10.6. The molecular formula is C15H10F2N2. The first-order chi connectivity index (χ1) is 9.22. The van der Waals surface area contributed by atoms with Crippen molar-refractivity contribution in [2.75, 3.05) is 5.32 Å². The molecule has 0 bridgehead atoms. The molecule has 2 aromatic carbocycles. The van der Waals surface area contributed by atoms with E-state index in [1.54, 1.807) is 6.20 Å². The molecule has 0 aliphatic heterocycles. The Morgan fingerprint density at radius 2 is 1.63 bits per heavy atom. The van der Waals surface area contributed by atoms with Crippen LogP contribution in [0.15, 0.2) is 54.7 Å². The Balaban J connectivity index is 2.05. The molecule has 0 aliphatic rings. The van der Waals surface area contributed by atoms with Crippen LogP contribution in [0.2, 0.25) is 0 Å². The van der Waals surface area contributed by atoms with Crippen LogP contribution in [-0.4, -0.2) is 4.98 Å². The van der Waals surface area contributed by atoms with Crippen LogP contribution >= 0.6 is 0 Å². The van der Waals surface area contributed by atoms with Crippen LogP contribution in [0.5, 0.6) is 0 Å². The van der Waals surface area contributed by atoms with Crippen LogP contribution < -0.4 is 5.32 Å². The molecule has 0 radical (unpaired) electrons. The fourth-order valence-corrected chi connectivity index (χ4v) is 1.99. The lowest BCUT2D eigenvalue weighted by Crippen LogP contribution is -1.94. The number of hydrogen-bond acceptors (Lipinski definition) is 2. The van der Waals surface area contributed by atoms with E-state index in [9.17, 15) is 8.78 Å². The molecule has 0 aliphatic carbocycles. The standard InChI is InChI=1S/C15H10F2N2/c16-11-7-12(17)9-13(8-11)19-14-5-1-3-10-4-2-6-18-15(10)14/h1-9,19H. The largest absolute Gasteiger partial charge is 0.354 e. The first kappa shape index (κ1) is 11.6. The highest BCUT2D eigenvalue weighted by Crippen LogP contribution is 2.25. The Hall–Kier alpha value is -2.49. The summed E-state index contributed by atoms with van der Waals surface area (Å²) in [5.41, 5.74) is 1.83. The van der Waals surface area contributed by atoms with Crippen LogP contribution in [0.3, 0.4) is 0 Å². The summed E-state index contributed by atoms with van der Waals surface area (Å²) in [4.78, 5) is 4.27. The summed E-state index contributed by atoms with van der Waals surface area (Å²) in [5, 5.41) is 3.95. The van der Waals surface area contributed by atoms with Gasteiger partial charge in [0, 0.05) is 23.3 Å². The maximum Gasteiger partial charge on any atom is 0.128 e. The van der Waals surface area contributed by atoms with Crippen molar-refractivity contribution in [2.45, 2.75) is 0 Å². The predicted octanol–water partition coefficient (Wildman–Crippen LogP) is 4.26. The predicted molar refractivity (Wildman–Crippen MR) is 71.4 cm³/mol. The fraction of sp³-hybridized carbons (Fsp3) is 0. The van der Waals surface area contributed by atoms with Gasteiger partial charge in [-0.15, -0.1) is 0 Å². The average Bonchev–Trinajstić information content (AvgIpc) is 2.38. The van der Waals surface area contributed by atoms with Gasteiger partial charge in [-0.1, -0.05) is 18.2 Å². The summed E-state index contributed by atoms with van der Waals surface area (Å²) in [6, 6.07) is 12.7. The van der Waals surface area contributed by atoms with Crippen LogP contribution in [-0.2, 0) is 0 Å². The summed E-state index contributed by atoms with van der Waals surface area (Å²) in [6.07, 6.45) is 1.68. The summed E-state index contributed by atoms with van der Waals surface area (Å²) in [6.45, 7) is 0. The molecule has 3 rings (SSSR count). The van der Waals surface area contributed by atoms with Crippen molar-refractivity contribution in [3.8, 4) is 0 Å². The molecule has 2 nitrogen and oxygen atoms in total. The molecule has 3 aromatic rings. The minimum Gasteiger partial charge on any atom is -0.354 e. The van der Waals surface area contributed by atoms with Crippen LogP contribution in [0.1, 0.15) is 0 Å². The molecule has 0 fully saturated rings. The number of nitrogens with one attached hydrogen (secondary N) is 1.